The van der Waals surface area contributed by atoms with Crippen molar-refractivity contribution in [1.29, 1.82) is 0 Å². The average molecular weight is 483 g/mol. The van der Waals surface area contributed by atoms with Crippen LogP contribution in [-0.4, -0.2) is 98.1 Å². The van der Waals surface area contributed by atoms with Gasteiger partial charge in [-0.25, -0.2) is 8.42 Å². The standard InChI is InChI=1S/C8H17NO4.C5H10O2.C4H11NO2S.CH4.ClH/c1-3-4-6(10)7(11)5(9-2)8(12)13-4;1-3-4(2)5(6)7;1-5-3-4-8(2,6)7;;/h4-12H,3H2,1-2H3;4H,3H2,1-2H3,(H,6,7);5H,3-4H2,1-2H3;1H4;1H. The van der Waals surface area contributed by atoms with Gasteiger partial charge in [-0.05, 0) is 26.9 Å². The van der Waals surface area contributed by atoms with Gasteiger partial charge in [0, 0.05) is 12.8 Å². The van der Waals surface area contributed by atoms with Crippen LogP contribution in [0, 0.1) is 5.92 Å². The number of sulfone groups is 1. The van der Waals surface area contributed by atoms with Crippen LogP contribution in [0.25, 0.3) is 0 Å². The summed E-state index contributed by atoms with van der Waals surface area (Å²) in [6, 6.07) is -0.627. The number of aliphatic hydroxyl groups excluding tert-OH is 3. The van der Waals surface area contributed by atoms with Crippen molar-refractivity contribution < 1.29 is 38.4 Å². The Labute approximate surface area is 187 Å². The van der Waals surface area contributed by atoms with E-state index in [2.05, 4.69) is 10.6 Å². The molecule has 0 amide bonds. The first-order valence-electron chi connectivity index (χ1n) is 9.28. The first-order valence-corrected chi connectivity index (χ1v) is 11.3. The lowest BCUT2D eigenvalue weighted by Crippen LogP contribution is -2.61. The first-order chi connectivity index (χ1) is 12.9. The predicted octanol–water partition coefficient (Wildman–Crippen LogP) is -0.151. The lowest BCUT2D eigenvalue weighted by molar-refractivity contribution is -0.247. The predicted molar refractivity (Wildman–Crippen MR) is 121 cm³/mol. The fourth-order valence-corrected chi connectivity index (χ4v) is 2.63. The minimum Gasteiger partial charge on any atom is -0.481 e. The van der Waals surface area contributed by atoms with E-state index in [4.69, 9.17) is 9.84 Å². The zero-order chi connectivity index (χ0) is 22.5. The van der Waals surface area contributed by atoms with Gasteiger partial charge in [0.1, 0.15) is 22.0 Å². The number of hydrogen-bond donors (Lipinski definition) is 6. The number of nitrogens with one attached hydrogen (secondary N) is 2. The van der Waals surface area contributed by atoms with Crippen molar-refractivity contribution in [2.45, 2.75) is 71.7 Å². The molecule has 0 aliphatic carbocycles. The zero-order valence-corrected chi connectivity index (χ0v) is 19.7. The van der Waals surface area contributed by atoms with Gasteiger partial charge in [-0.1, -0.05) is 28.2 Å². The smallest absolute Gasteiger partial charge is 0.306 e. The summed E-state index contributed by atoms with van der Waals surface area (Å²) < 4.78 is 25.8. The van der Waals surface area contributed by atoms with E-state index in [1.807, 2.05) is 13.8 Å². The molecule has 6 atom stereocenters. The third kappa shape index (κ3) is 16.2. The fraction of sp³-hybridized carbons (Fsp3) is 0.944. The second-order valence-electron chi connectivity index (χ2n) is 6.65. The molecule has 0 saturated carbocycles. The van der Waals surface area contributed by atoms with Crippen molar-refractivity contribution in [3.8, 4) is 0 Å². The minimum absolute atomic E-state index is 0. The maximum Gasteiger partial charge on any atom is 0.306 e. The fourth-order valence-electron chi connectivity index (χ4n) is 2.06. The van der Waals surface area contributed by atoms with Crippen molar-refractivity contribution in [2.24, 2.45) is 5.92 Å². The number of halogens is 1. The van der Waals surface area contributed by atoms with Crippen molar-refractivity contribution in [3.05, 3.63) is 0 Å². The minimum atomic E-state index is -2.75. The second-order valence-corrected chi connectivity index (χ2v) is 8.91. The van der Waals surface area contributed by atoms with E-state index in [0.29, 0.717) is 13.0 Å². The SMILES string of the molecule is C.CCC(C)C(=O)O.CCC1OC(O)C(NC)C(O)C1O.CNCCS(C)(=O)=O.Cl. The molecule has 0 aromatic rings. The molecule has 1 fully saturated rings. The number of aliphatic hydroxyl groups is 3. The molecule has 1 rings (SSSR count). The molecule has 0 aromatic carbocycles. The van der Waals surface area contributed by atoms with Crippen LogP contribution in [0.1, 0.15) is 41.0 Å². The van der Waals surface area contributed by atoms with E-state index in [-0.39, 0.29) is 31.5 Å². The Morgan fingerprint density at radius 1 is 1.13 bits per heavy atom. The molecule has 0 bridgehead atoms. The quantitative estimate of drug-likeness (QED) is 0.287. The van der Waals surface area contributed by atoms with Crippen LogP contribution in [0.5, 0.6) is 0 Å². The van der Waals surface area contributed by atoms with Crippen LogP contribution in [0.3, 0.4) is 0 Å². The molecule has 30 heavy (non-hydrogen) atoms. The second kappa shape index (κ2) is 19.2. The topological polar surface area (TPSA) is 165 Å². The third-order valence-corrected chi connectivity index (χ3v) is 5.16. The number of rotatable bonds is 7. The Balaban J connectivity index is -0.000000175. The van der Waals surface area contributed by atoms with E-state index in [9.17, 15) is 28.5 Å². The zero-order valence-electron chi connectivity index (χ0n) is 18.0. The molecular formula is C18H43ClN2O8S. The molecule has 1 aliphatic heterocycles. The van der Waals surface area contributed by atoms with E-state index >= 15 is 0 Å². The highest BCUT2D eigenvalue weighted by molar-refractivity contribution is 7.90. The van der Waals surface area contributed by atoms with E-state index < -0.39 is 46.5 Å². The monoisotopic (exact) mass is 482 g/mol. The van der Waals surface area contributed by atoms with E-state index in [0.717, 1.165) is 6.42 Å². The third-order valence-electron chi connectivity index (χ3n) is 4.21. The Morgan fingerprint density at radius 3 is 1.87 bits per heavy atom. The van der Waals surface area contributed by atoms with Gasteiger partial charge in [-0.15, -0.1) is 12.4 Å². The first kappa shape index (κ1) is 36.8. The normalized spacial score (nSPS) is 26.4. The van der Waals surface area contributed by atoms with Crippen molar-refractivity contribution in [3.63, 3.8) is 0 Å². The van der Waals surface area contributed by atoms with Gasteiger partial charge < -0.3 is 35.8 Å². The van der Waals surface area contributed by atoms with Crippen molar-refractivity contribution in [1.82, 2.24) is 10.6 Å². The summed E-state index contributed by atoms with van der Waals surface area (Å²) >= 11 is 0. The number of aliphatic carboxylic acids is 1. The van der Waals surface area contributed by atoms with Crippen LogP contribution < -0.4 is 10.6 Å². The van der Waals surface area contributed by atoms with Gasteiger partial charge >= 0.3 is 5.97 Å². The van der Waals surface area contributed by atoms with E-state index in [1.54, 1.807) is 21.0 Å². The summed E-state index contributed by atoms with van der Waals surface area (Å²) in [4.78, 5) is 9.93. The summed E-state index contributed by atoms with van der Waals surface area (Å²) in [7, 11) is 0.575. The number of carbonyl (C=O) groups is 1. The van der Waals surface area contributed by atoms with Crippen LogP contribution in [0.15, 0.2) is 0 Å². The van der Waals surface area contributed by atoms with Gasteiger partial charge in [0.25, 0.3) is 0 Å². The molecule has 1 heterocycles. The molecule has 0 radical (unpaired) electrons. The van der Waals surface area contributed by atoms with Crippen LogP contribution in [0.4, 0.5) is 0 Å². The lowest BCUT2D eigenvalue weighted by atomic mass is 9.96. The Hall–Kier alpha value is -0.530. The number of hydrogen-bond acceptors (Lipinski definition) is 9. The molecule has 10 nitrogen and oxygen atoms in total. The highest BCUT2D eigenvalue weighted by Gasteiger charge is 2.42. The van der Waals surface area contributed by atoms with Crippen LogP contribution in [0.2, 0.25) is 0 Å². The number of ether oxygens (including phenoxy) is 1. The number of carboxylic acids is 1. The van der Waals surface area contributed by atoms with E-state index in [1.165, 1.54) is 6.26 Å². The number of carboxylic acid groups (broad SMARTS) is 1. The Morgan fingerprint density at radius 2 is 1.63 bits per heavy atom. The summed E-state index contributed by atoms with van der Waals surface area (Å²) in [5.74, 6) is -0.661. The lowest BCUT2D eigenvalue weighted by Gasteiger charge is -2.40. The largest absolute Gasteiger partial charge is 0.481 e. The highest BCUT2D eigenvalue weighted by atomic mass is 35.5. The summed E-state index contributed by atoms with van der Waals surface area (Å²) in [5.41, 5.74) is 0. The molecule has 6 N–H and O–H groups in total. The summed E-state index contributed by atoms with van der Waals surface area (Å²) in [6.45, 7) is 5.92. The Bertz CT molecular complexity index is 524. The maximum atomic E-state index is 10.4. The van der Waals surface area contributed by atoms with Gasteiger partial charge in [0.15, 0.2) is 6.29 Å². The average Bonchev–Trinajstić information content (AvgIpc) is 2.63. The van der Waals surface area contributed by atoms with Gasteiger partial charge in [0.05, 0.1) is 23.8 Å². The van der Waals surface area contributed by atoms with Crippen molar-refractivity contribution in [2.75, 3.05) is 32.6 Å². The maximum absolute atomic E-state index is 10.4. The molecule has 6 unspecified atom stereocenters. The van der Waals surface area contributed by atoms with Gasteiger partial charge in [0.2, 0.25) is 0 Å². The molecule has 0 aromatic heterocycles. The molecule has 1 aliphatic rings. The molecular weight excluding hydrogens is 440 g/mol. The molecule has 186 valence electrons. The van der Waals surface area contributed by atoms with Gasteiger partial charge in [-0.3, -0.25) is 4.79 Å². The van der Waals surface area contributed by atoms with Crippen molar-refractivity contribution >= 4 is 28.2 Å². The summed E-state index contributed by atoms with van der Waals surface area (Å²) in [6.07, 6.45) is -0.974. The molecule has 12 heteroatoms. The van der Waals surface area contributed by atoms with Gasteiger partial charge in [-0.2, -0.15) is 0 Å². The van der Waals surface area contributed by atoms with Crippen LogP contribution in [-0.2, 0) is 19.4 Å². The highest BCUT2D eigenvalue weighted by Crippen LogP contribution is 2.21. The Kier molecular flexibility index (Phi) is 23.5. The molecule has 1 saturated heterocycles. The van der Waals surface area contributed by atoms with Crippen LogP contribution >= 0.6 is 12.4 Å². The molecule has 0 spiro atoms. The summed E-state index contributed by atoms with van der Waals surface area (Å²) in [5, 5.41) is 42.1. The number of likely N-dealkylation sites (N-methyl/N-ethyl adjacent to an activating group) is 1.